The third kappa shape index (κ3) is 3.54. The predicted molar refractivity (Wildman–Crippen MR) is 111 cm³/mol. The Labute approximate surface area is 171 Å². The quantitative estimate of drug-likeness (QED) is 0.752. The number of carbonyl (C=O) groups is 1. The van der Waals surface area contributed by atoms with Crippen LogP contribution in [-0.4, -0.2) is 48.4 Å². The number of anilines is 1. The molecule has 29 heavy (non-hydrogen) atoms. The molecule has 2 aromatic rings. The molecule has 1 aliphatic carbocycles. The van der Waals surface area contributed by atoms with Crippen molar-refractivity contribution in [1.82, 2.24) is 9.78 Å². The zero-order chi connectivity index (χ0) is 20.9. The van der Waals surface area contributed by atoms with E-state index >= 15 is 0 Å². The molecule has 2 aliphatic rings. The molecule has 2 fully saturated rings. The second-order valence-corrected chi connectivity index (χ2v) is 10.2. The molecule has 1 aliphatic heterocycles. The Morgan fingerprint density at radius 2 is 1.83 bits per heavy atom. The average Bonchev–Trinajstić information content (AvgIpc) is 3.47. The second-order valence-electron chi connectivity index (χ2n) is 8.22. The molecule has 156 valence electrons. The van der Waals surface area contributed by atoms with E-state index in [-0.39, 0.29) is 28.0 Å². The van der Waals surface area contributed by atoms with Crippen LogP contribution in [0.15, 0.2) is 17.0 Å². The number of aryl methyl sites for hydroxylation is 1. The fourth-order valence-corrected chi connectivity index (χ4v) is 5.21. The molecule has 8 heteroatoms. The van der Waals surface area contributed by atoms with E-state index in [0.717, 1.165) is 45.2 Å². The van der Waals surface area contributed by atoms with Crippen molar-refractivity contribution >= 4 is 21.3 Å². The van der Waals surface area contributed by atoms with Gasteiger partial charge in [-0.3, -0.25) is 4.79 Å². The van der Waals surface area contributed by atoms with Crippen LogP contribution in [-0.2, 0) is 16.9 Å². The minimum atomic E-state index is -3.45. The van der Waals surface area contributed by atoms with Crippen molar-refractivity contribution in [3.63, 3.8) is 0 Å². The smallest absolute Gasteiger partial charge is 0.220 e. The van der Waals surface area contributed by atoms with Gasteiger partial charge < -0.3 is 10.0 Å². The molecule has 0 bridgehead atoms. The summed E-state index contributed by atoms with van der Waals surface area (Å²) in [6, 6.07) is 3.11. The SMILES string of the molecule is Cc1c(C(=O)c2c(C3CC3)nn(C)c2O)ccc(S(C)(=O)=O)c1N1CCCCC1. The van der Waals surface area contributed by atoms with Crippen molar-refractivity contribution in [3.8, 4) is 5.88 Å². The van der Waals surface area contributed by atoms with Gasteiger partial charge in [-0.15, -0.1) is 0 Å². The molecule has 1 aromatic heterocycles. The molecule has 0 spiro atoms. The highest BCUT2D eigenvalue weighted by atomic mass is 32.2. The van der Waals surface area contributed by atoms with Gasteiger partial charge >= 0.3 is 0 Å². The van der Waals surface area contributed by atoms with Crippen molar-refractivity contribution in [2.24, 2.45) is 7.05 Å². The summed E-state index contributed by atoms with van der Waals surface area (Å²) in [5.74, 6) is -0.227. The molecule has 0 atom stereocenters. The number of nitrogens with zero attached hydrogens (tertiary/aromatic N) is 3. The van der Waals surface area contributed by atoms with Crippen LogP contribution in [0.3, 0.4) is 0 Å². The van der Waals surface area contributed by atoms with E-state index in [1.165, 1.54) is 17.0 Å². The molecule has 2 heterocycles. The molecule has 1 saturated carbocycles. The highest BCUT2D eigenvalue weighted by Gasteiger charge is 2.35. The lowest BCUT2D eigenvalue weighted by atomic mass is 9.95. The largest absolute Gasteiger partial charge is 0.493 e. The van der Waals surface area contributed by atoms with Gasteiger partial charge in [-0.25, -0.2) is 13.1 Å². The first kappa shape index (κ1) is 19.9. The molecule has 1 aromatic carbocycles. The van der Waals surface area contributed by atoms with E-state index in [4.69, 9.17) is 0 Å². The number of aromatic nitrogens is 2. The zero-order valence-corrected chi connectivity index (χ0v) is 17.9. The van der Waals surface area contributed by atoms with Crippen LogP contribution in [0.1, 0.15) is 65.2 Å². The van der Waals surface area contributed by atoms with Crippen molar-refractivity contribution in [2.45, 2.75) is 49.8 Å². The van der Waals surface area contributed by atoms with Gasteiger partial charge in [0.05, 0.1) is 16.3 Å². The molecule has 4 rings (SSSR count). The molecule has 0 radical (unpaired) electrons. The summed E-state index contributed by atoms with van der Waals surface area (Å²) < 4.78 is 26.2. The summed E-state index contributed by atoms with van der Waals surface area (Å²) in [5, 5.41) is 14.8. The number of hydrogen-bond donors (Lipinski definition) is 1. The minimum Gasteiger partial charge on any atom is -0.493 e. The van der Waals surface area contributed by atoms with Gasteiger partial charge in [0, 0.05) is 37.9 Å². The minimum absolute atomic E-state index is 0.136. The Balaban J connectivity index is 1.86. The fraction of sp³-hybridized carbons (Fsp3) is 0.524. The van der Waals surface area contributed by atoms with Crippen LogP contribution in [0.25, 0.3) is 0 Å². The van der Waals surface area contributed by atoms with Crippen LogP contribution >= 0.6 is 0 Å². The summed E-state index contributed by atoms with van der Waals surface area (Å²) >= 11 is 0. The Kier molecular flexibility index (Phi) is 4.93. The maximum atomic E-state index is 13.5. The van der Waals surface area contributed by atoms with E-state index in [2.05, 4.69) is 10.00 Å². The Morgan fingerprint density at radius 3 is 2.41 bits per heavy atom. The van der Waals surface area contributed by atoms with E-state index in [1.54, 1.807) is 20.0 Å². The first-order chi connectivity index (χ1) is 13.7. The number of sulfone groups is 1. The van der Waals surface area contributed by atoms with E-state index in [0.29, 0.717) is 22.5 Å². The van der Waals surface area contributed by atoms with Gasteiger partial charge in [0.1, 0.15) is 5.56 Å². The van der Waals surface area contributed by atoms with Crippen molar-refractivity contribution < 1.29 is 18.3 Å². The summed E-state index contributed by atoms with van der Waals surface area (Å²) in [6.45, 7) is 3.34. The zero-order valence-electron chi connectivity index (χ0n) is 17.1. The molecular weight excluding hydrogens is 390 g/mol. The lowest BCUT2D eigenvalue weighted by molar-refractivity contribution is 0.103. The molecular formula is C21H27N3O4S. The third-order valence-electron chi connectivity index (χ3n) is 5.95. The van der Waals surface area contributed by atoms with E-state index in [9.17, 15) is 18.3 Å². The summed E-state index contributed by atoms with van der Waals surface area (Å²) in [4.78, 5) is 15.8. The van der Waals surface area contributed by atoms with Gasteiger partial charge in [-0.05, 0) is 56.7 Å². The maximum absolute atomic E-state index is 13.5. The highest BCUT2D eigenvalue weighted by molar-refractivity contribution is 7.90. The molecule has 0 amide bonds. The Morgan fingerprint density at radius 1 is 1.17 bits per heavy atom. The summed E-state index contributed by atoms with van der Waals surface area (Å²) in [6.07, 6.45) is 6.24. The Hall–Kier alpha value is -2.35. The van der Waals surface area contributed by atoms with Crippen LogP contribution < -0.4 is 4.90 Å². The molecule has 0 unspecified atom stereocenters. The summed E-state index contributed by atoms with van der Waals surface area (Å²) in [5.41, 5.74) is 2.57. The van der Waals surface area contributed by atoms with E-state index in [1.807, 2.05) is 0 Å². The van der Waals surface area contributed by atoms with Crippen LogP contribution in [0.4, 0.5) is 5.69 Å². The predicted octanol–water partition coefficient (Wildman–Crippen LogP) is 2.94. The lowest BCUT2D eigenvalue weighted by Gasteiger charge is -2.32. The standard InChI is InChI=1S/C21H27N3O4S/c1-13-15(20(25)17-18(14-7-8-14)22-23(2)21(17)26)9-10-16(29(3,27)28)19(13)24-11-5-4-6-12-24/h9-10,14,26H,4-8,11-12H2,1-3H3. The van der Waals surface area contributed by atoms with Gasteiger partial charge in [0.25, 0.3) is 0 Å². The Bertz CT molecular complexity index is 1080. The normalized spacial score (nSPS) is 17.6. The molecule has 7 nitrogen and oxygen atoms in total. The number of piperidine rings is 1. The number of hydrogen-bond acceptors (Lipinski definition) is 6. The maximum Gasteiger partial charge on any atom is 0.220 e. The topological polar surface area (TPSA) is 92.5 Å². The van der Waals surface area contributed by atoms with Gasteiger partial charge in [-0.2, -0.15) is 5.10 Å². The highest BCUT2D eigenvalue weighted by Crippen LogP contribution is 2.44. The van der Waals surface area contributed by atoms with Crippen molar-refractivity contribution in [3.05, 3.63) is 34.5 Å². The lowest BCUT2D eigenvalue weighted by Crippen LogP contribution is -2.31. The van der Waals surface area contributed by atoms with Crippen molar-refractivity contribution in [2.75, 3.05) is 24.2 Å². The number of carbonyl (C=O) groups excluding carboxylic acids is 1. The molecule has 1 saturated heterocycles. The van der Waals surface area contributed by atoms with Crippen molar-refractivity contribution in [1.29, 1.82) is 0 Å². The monoisotopic (exact) mass is 417 g/mol. The first-order valence-corrected chi connectivity index (χ1v) is 12.0. The number of ketones is 1. The van der Waals surface area contributed by atoms with Gasteiger partial charge in [-0.1, -0.05) is 0 Å². The van der Waals surface area contributed by atoms with Crippen LogP contribution in [0.5, 0.6) is 5.88 Å². The second kappa shape index (κ2) is 7.16. The van der Waals surface area contributed by atoms with E-state index < -0.39 is 9.84 Å². The number of rotatable bonds is 5. The number of benzene rings is 1. The number of aromatic hydroxyl groups is 1. The fourth-order valence-electron chi connectivity index (χ4n) is 4.26. The average molecular weight is 418 g/mol. The molecule has 1 N–H and O–H groups in total. The first-order valence-electron chi connectivity index (χ1n) is 10.1. The third-order valence-corrected chi connectivity index (χ3v) is 7.07. The summed E-state index contributed by atoms with van der Waals surface area (Å²) in [7, 11) is -1.83. The van der Waals surface area contributed by atoms with Gasteiger partial charge in [0.2, 0.25) is 11.7 Å². The van der Waals surface area contributed by atoms with Gasteiger partial charge in [0.15, 0.2) is 9.84 Å². The van der Waals surface area contributed by atoms with Crippen LogP contribution in [0.2, 0.25) is 0 Å². The van der Waals surface area contributed by atoms with Crippen LogP contribution in [0, 0.1) is 6.92 Å².